The van der Waals surface area contributed by atoms with Crippen molar-refractivity contribution >= 4 is 23.4 Å². The lowest BCUT2D eigenvalue weighted by atomic mass is 9.86. The van der Waals surface area contributed by atoms with Gasteiger partial charge in [0, 0.05) is 37.2 Å². The molecule has 1 aliphatic rings. The number of aryl methyl sites for hydroxylation is 1. The van der Waals surface area contributed by atoms with Crippen molar-refractivity contribution in [3.8, 4) is 0 Å². The third kappa shape index (κ3) is 4.64. The minimum Gasteiger partial charge on any atom is -0.481 e. The lowest BCUT2D eigenvalue weighted by molar-refractivity contribution is -0.137. The van der Waals surface area contributed by atoms with Gasteiger partial charge in [-0.15, -0.1) is 0 Å². The van der Waals surface area contributed by atoms with Gasteiger partial charge in [-0.25, -0.2) is 4.98 Å². The fourth-order valence-corrected chi connectivity index (χ4v) is 3.54. The number of aromatic nitrogens is 2. The maximum atomic E-state index is 12.2. The summed E-state index contributed by atoms with van der Waals surface area (Å²) in [5.74, 6) is -1.12. The summed E-state index contributed by atoms with van der Waals surface area (Å²) >= 11 is 0. The quantitative estimate of drug-likeness (QED) is 0.651. The Labute approximate surface area is 157 Å². The Bertz CT molecular complexity index is 876. The van der Waals surface area contributed by atoms with E-state index >= 15 is 0 Å². The number of pyridine rings is 1. The van der Waals surface area contributed by atoms with E-state index in [2.05, 4.69) is 15.6 Å². The zero-order chi connectivity index (χ0) is 19.4. The summed E-state index contributed by atoms with van der Waals surface area (Å²) in [7, 11) is 0. The highest BCUT2D eigenvalue weighted by Gasteiger charge is 2.37. The number of hydrogen-bond donors (Lipinski definition) is 3. The molecule has 2 aromatic rings. The number of aliphatic carboxylic acids is 1. The maximum absolute atomic E-state index is 12.2. The molecule has 8 heteroatoms. The van der Waals surface area contributed by atoms with Crippen LogP contribution in [0.2, 0.25) is 0 Å². The van der Waals surface area contributed by atoms with Gasteiger partial charge >= 0.3 is 5.97 Å². The third-order valence-electron chi connectivity index (χ3n) is 5.08. The van der Waals surface area contributed by atoms with E-state index in [1.54, 1.807) is 0 Å². The number of amides is 2. The first-order valence-corrected chi connectivity index (χ1v) is 9.10. The summed E-state index contributed by atoms with van der Waals surface area (Å²) < 4.78 is 1.92. The highest BCUT2D eigenvalue weighted by molar-refractivity contribution is 5.80. The summed E-state index contributed by atoms with van der Waals surface area (Å²) in [5.41, 5.74) is 2.11. The van der Waals surface area contributed by atoms with Crippen molar-refractivity contribution in [1.82, 2.24) is 20.0 Å². The Balaban J connectivity index is 1.53. The van der Waals surface area contributed by atoms with Crippen molar-refractivity contribution in [2.24, 2.45) is 0 Å². The first kappa shape index (κ1) is 18.9. The van der Waals surface area contributed by atoms with Crippen LogP contribution in [0.25, 0.3) is 5.65 Å². The van der Waals surface area contributed by atoms with E-state index < -0.39 is 11.5 Å². The van der Waals surface area contributed by atoms with E-state index in [1.165, 1.54) is 0 Å². The molecule has 1 saturated heterocycles. The molecule has 0 aliphatic carbocycles. The average molecular weight is 372 g/mol. The number of rotatable bonds is 8. The Morgan fingerprint density at radius 2 is 2.15 bits per heavy atom. The zero-order valence-corrected chi connectivity index (χ0v) is 15.3. The molecule has 0 unspecified atom stereocenters. The SMILES string of the molecule is Cc1cccn2cc(CNC(=O)CC[C@]3(CCC(=O)O)CCC(=O)N3)nc12. The number of nitrogens with zero attached hydrogens (tertiary/aromatic N) is 2. The number of carboxylic acid groups (broad SMARTS) is 1. The fraction of sp³-hybridized carbons (Fsp3) is 0.474. The van der Waals surface area contributed by atoms with E-state index in [-0.39, 0.29) is 24.7 Å². The van der Waals surface area contributed by atoms with E-state index in [0.717, 1.165) is 16.9 Å². The van der Waals surface area contributed by atoms with Crippen molar-refractivity contribution in [2.75, 3.05) is 0 Å². The zero-order valence-electron chi connectivity index (χ0n) is 15.3. The topological polar surface area (TPSA) is 113 Å². The monoisotopic (exact) mass is 372 g/mol. The van der Waals surface area contributed by atoms with Gasteiger partial charge in [-0.3, -0.25) is 14.4 Å². The van der Waals surface area contributed by atoms with Crippen molar-refractivity contribution in [3.05, 3.63) is 35.8 Å². The first-order chi connectivity index (χ1) is 12.9. The number of carbonyl (C=O) groups excluding carboxylic acids is 2. The van der Waals surface area contributed by atoms with E-state index in [4.69, 9.17) is 5.11 Å². The summed E-state index contributed by atoms with van der Waals surface area (Å²) in [6, 6.07) is 3.93. The number of imidazole rings is 1. The molecule has 0 radical (unpaired) electrons. The van der Waals surface area contributed by atoms with Gasteiger partial charge in [-0.1, -0.05) is 6.07 Å². The van der Waals surface area contributed by atoms with Gasteiger partial charge < -0.3 is 20.1 Å². The van der Waals surface area contributed by atoms with Gasteiger partial charge in [0.2, 0.25) is 11.8 Å². The minimum atomic E-state index is -0.901. The Kier molecular flexibility index (Phi) is 5.43. The molecule has 2 amide bonds. The van der Waals surface area contributed by atoms with Gasteiger partial charge in [0.25, 0.3) is 0 Å². The van der Waals surface area contributed by atoms with Crippen LogP contribution in [0.4, 0.5) is 0 Å². The molecule has 3 rings (SSSR count). The largest absolute Gasteiger partial charge is 0.481 e. The molecule has 2 aromatic heterocycles. The highest BCUT2D eigenvalue weighted by Crippen LogP contribution is 2.30. The van der Waals surface area contributed by atoms with Crippen LogP contribution in [0.3, 0.4) is 0 Å². The van der Waals surface area contributed by atoms with Gasteiger partial charge in [-0.2, -0.15) is 0 Å². The number of hydrogen-bond acceptors (Lipinski definition) is 4. The van der Waals surface area contributed by atoms with E-state index in [9.17, 15) is 14.4 Å². The molecule has 27 heavy (non-hydrogen) atoms. The predicted octanol–water partition coefficient (Wildman–Crippen LogP) is 1.55. The molecule has 8 nitrogen and oxygen atoms in total. The highest BCUT2D eigenvalue weighted by atomic mass is 16.4. The van der Waals surface area contributed by atoms with Crippen LogP contribution in [-0.2, 0) is 20.9 Å². The fourth-order valence-electron chi connectivity index (χ4n) is 3.54. The second-order valence-electron chi connectivity index (χ2n) is 7.15. The van der Waals surface area contributed by atoms with Crippen LogP contribution in [0.15, 0.2) is 24.5 Å². The minimum absolute atomic E-state index is 0.0253. The molecule has 3 heterocycles. The van der Waals surface area contributed by atoms with Crippen LogP contribution in [0.1, 0.15) is 49.8 Å². The van der Waals surface area contributed by atoms with Gasteiger partial charge in [0.05, 0.1) is 12.2 Å². The van der Waals surface area contributed by atoms with E-state index in [1.807, 2.05) is 35.9 Å². The van der Waals surface area contributed by atoms with Crippen molar-refractivity contribution < 1.29 is 19.5 Å². The Morgan fingerprint density at radius 3 is 2.81 bits per heavy atom. The molecule has 0 saturated carbocycles. The van der Waals surface area contributed by atoms with Crippen molar-refractivity contribution in [3.63, 3.8) is 0 Å². The lowest BCUT2D eigenvalue weighted by Crippen LogP contribution is -2.43. The molecular formula is C19H24N4O4. The Morgan fingerprint density at radius 1 is 1.37 bits per heavy atom. The summed E-state index contributed by atoms with van der Waals surface area (Å²) in [5, 5.41) is 14.7. The molecule has 0 aromatic carbocycles. The number of nitrogens with one attached hydrogen (secondary N) is 2. The molecule has 1 fully saturated rings. The van der Waals surface area contributed by atoms with Crippen molar-refractivity contribution in [1.29, 1.82) is 0 Å². The van der Waals surface area contributed by atoms with Gasteiger partial charge in [0.1, 0.15) is 5.65 Å². The van der Waals surface area contributed by atoms with Crippen LogP contribution >= 0.6 is 0 Å². The number of fused-ring (bicyclic) bond motifs is 1. The molecule has 3 N–H and O–H groups in total. The second-order valence-corrected chi connectivity index (χ2v) is 7.15. The average Bonchev–Trinajstić information content (AvgIpc) is 3.21. The number of carbonyl (C=O) groups is 3. The summed E-state index contributed by atoms with van der Waals surface area (Å²) in [6.45, 7) is 2.31. The standard InChI is InChI=1S/C19H24N4O4/c1-13-3-2-10-23-12-14(21-18(13)23)11-20-15(24)4-7-19(9-6-17(26)27)8-5-16(25)22-19/h2-3,10,12H,4-9,11H2,1H3,(H,20,24)(H,22,25)(H,26,27)/t19-/m1/s1. The smallest absolute Gasteiger partial charge is 0.303 e. The lowest BCUT2D eigenvalue weighted by Gasteiger charge is -2.28. The predicted molar refractivity (Wildman–Crippen MR) is 98.0 cm³/mol. The first-order valence-electron chi connectivity index (χ1n) is 9.10. The molecule has 144 valence electrons. The maximum Gasteiger partial charge on any atom is 0.303 e. The van der Waals surface area contributed by atoms with Crippen LogP contribution in [0, 0.1) is 6.92 Å². The summed E-state index contributed by atoms with van der Waals surface area (Å²) in [6.07, 6.45) is 5.72. The molecule has 0 bridgehead atoms. The summed E-state index contributed by atoms with van der Waals surface area (Å²) in [4.78, 5) is 39.2. The molecule has 1 aliphatic heterocycles. The van der Waals surface area contributed by atoms with Gasteiger partial charge in [-0.05, 0) is 37.8 Å². The molecule has 0 spiro atoms. The van der Waals surface area contributed by atoms with Crippen LogP contribution in [0.5, 0.6) is 0 Å². The molecular weight excluding hydrogens is 348 g/mol. The van der Waals surface area contributed by atoms with Crippen LogP contribution < -0.4 is 10.6 Å². The van der Waals surface area contributed by atoms with Crippen molar-refractivity contribution in [2.45, 2.75) is 57.5 Å². The third-order valence-corrected chi connectivity index (χ3v) is 5.08. The second kappa shape index (κ2) is 7.77. The van der Waals surface area contributed by atoms with Gasteiger partial charge in [0.15, 0.2) is 0 Å². The van der Waals surface area contributed by atoms with Crippen LogP contribution in [-0.4, -0.2) is 37.8 Å². The number of carboxylic acids is 1. The Hall–Kier alpha value is -2.90. The normalized spacial score (nSPS) is 19.2. The van der Waals surface area contributed by atoms with E-state index in [0.29, 0.717) is 32.2 Å². The molecule has 1 atom stereocenters.